The fraction of sp³-hybridized carbons (Fsp3) is 0.300. The van der Waals surface area contributed by atoms with Gasteiger partial charge in [0.05, 0.1) is 4.88 Å². The first kappa shape index (κ1) is 19.8. The number of hydrogen-bond acceptors (Lipinski definition) is 5. The Bertz CT molecular complexity index is 922. The van der Waals surface area contributed by atoms with Crippen LogP contribution in [-0.4, -0.2) is 36.6 Å². The van der Waals surface area contributed by atoms with Gasteiger partial charge < -0.3 is 15.5 Å². The van der Waals surface area contributed by atoms with Crippen molar-refractivity contribution in [1.82, 2.24) is 5.32 Å². The largest absolute Gasteiger partial charge is 0.347 e. The highest BCUT2D eigenvalue weighted by atomic mass is 32.1. The summed E-state index contributed by atoms with van der Waals surface area (Å²) in [6.45, 7) is 2.47. The molecule has 1 aromatic heterocycles. The molecule has 3 amide bonds. The molecule has 1 aliphatic rings. The molecule has 146 valence electrons. The van der Waals surface area contributed by atoms with Gasteiger partial charge in [0.2, 0.25) is 5.91 Å². The number of ketones is 1. The highest BCUT2D eigenvalue weighted by Gasteiger charge is 2.22. The van der Waals surface area contributed by atoms with Crippen molar-refractivity contribution in [3.8, 4) is 0 Å². The SMILES string of the molecule is CC(=O)c1ccc(CCNC(=O)C(=O)Nc2cccc(N3CCCC3=O)c2)s1. The molecule has 0 radical (unpaired) electrons. The maximum absolute atomic E-state index is 12.1. The third-order valence-corrected chi connectivity index (χ3v) is 5.61. The van der Waals surface area contributed by atoms with Gasteiger partial charge in [-0.25, -0.2) is 0 Å². The van der Waals surface area contributed by atoms with Crippen molar-refractivity contribution in [2.24, 2.45) is 0 Å². The lowest BCUT2D eigenvalue weighted by Crippen LogP contribution is -2.36. The van der Waals surface area contributed by atoms with Crippen LogP contribution in [0.3, 0.4) is 0 Å². The molecule has 1 fully saturated rings. The number of carbonyl (C=O) groups excluding carboxylic acids is 4. The molecule has 0 aliphatic carbocycles. The molecule has 7 nitrogen and oxygen atoms in total. The molecular weight excluding hydrogens is 378 g/mol. The molecule has 3 rings (SSSR count). The predicted molar refractivity (Wildman–Crippen MR) is 108 cm³/mol. The Morgan fingerprint density at radius 2 is 1.96 bits per heavy atom. The third-order valence-electron chi connectivity index (χ3n) is 4.36. The van der Waals surface area contributed by atoms with Gasteiger partial charge in [0.1, 0.15) is 0 Å². The average Bonchev–Trinajstić information content (AvgIpc) is 3.31. The Balaban J connectivity index is 1.50. The van der Waals surface area contributed by atoms with E-state index < -0.39 is 11.8 Å². The molecule has 2 N–H and O–H groups in total. The highest BCUT2D eigenvalue weighted by Crippen LogP contribution is 2.24. The Morgan fingerprint density at radius 3 is 2.64 bits per heavy atom. The summed E-state index contributed by atoms with van der Waals surface area (Å²) in [7, 11) is 0. The molecule has 0 atom stereocenters. The second kappa shape index (κ2) is 8.79. The van der Waals surface area contributed by atoms with Crippen LogP contribution in [0.15, 0.2) is 36.4 Å². The Kier molecular flexibility index (Phi) is 6.20. The average molecular weight is 399 g/mol. The standard InChI is InChI=1S/C20H21N3O4S/c1-13(24)17-8-7-16(28-17)9-10-21-19(26)20(27)22-14-4-2-5-15(12-14)23-11-3-6-18(23)25/h2,4-5,7-8,12H,3,6,9-11H2,1H3,(H,21,26)(H,22,27). The zero-order valence-corrected chi connectivity index (χ0v) is 16.3. The lowest BCUT2D eigenvalue weighted by Gasteiger charge is -2.16. The van der Waals surface area contributed by atoms with E-state index in [0.29, 0.717) is 42.2 Å². The number of hydrogen-bond donors (Lipinski definition) is 2. The van der Waals surface area contributed by atoms with Crippen LogP contribution in [0.2, 0.25) is 0 Å². The van der Waals surface area contributed by atoms with Crippen molar-refractivity contribution in [3.05, 3.63) is 46.2 Å². The molecule has 28 heavy (non-hydrogen) atoms. The molecule has 0 unspecified atom stereocenters. The number of benzene rings is 1. The molecule has 1 aromatic carbocycles. The van der Waals surface area contributed by atoms with Crippen LogP contribution >= 0.6 is 11.3 Å². The number of amides is 3. The van der Waals surface area contributed by atoms with E-state index in [1.54, 1.807) is 35.2 Å². The van der Waals surface area contributed by atoms with Gasteiger partial charge in [0.15, 0.2) is 5.78 Å². The number of thiophene rings is 1. The van der Waals surface area contributed by atoms with Crippen molar-refractivity contribution in [2.75, 3.05) is 23.3 Å². The summed E-state index contributed by atoms with van der Waals surface area (Å²) in [6, 6.07) is 10.5. The van der Waals surface area contributed by atoms with Crippen molar-refractivity contribution < 1.29 is 19.2 Å². The fourth-order valence-electron chi connectivity index (χ4n) is 2.94. The second-order valence-electron chi connectivity index (χ2n) is 6.48. The van der Waals surface area contributed by atoms with Crippen LogP contribution in [0.1, 0.15) is 34.3 Å². The summed E-state index contributed by atoms with van der Waals surface area (Å²) < 4.78 is 0. The monoisotopic (exact) mass is 399 g/mol. The summed E-state index contributed by atoms with van der Waals surface area (Å²) in [5.41, 5.74) is 1.17. The molecule has 1 saturated heterocycles. The summed E-state index contributed by atoms with van der Waals surface area (Å²) in [5, 5.41) is 5.13. The lowest BCUT2D eigenvalue weighted by atomic mass is 10.2. The highest BCUT2D eigenvalue weighted by molar-refractivity contribution is 7.14. The van der Waals surface area contributed by atoms with E-state index in [9.17, 15) is 19.2 Å². The van der Waals surface area contributed by atoms with Crippen LogP contribution in [0, 0.1) is 0 Å². The number of rotatable bonds is 6. The molecule has 2 aromatic rings. The van der Waals surface area contributed by atoms with E-state index in [2.05, 4.69) is 10.6 Å². The first-order valence-corrected chi connectivity index (χ1v) is 9.85. The maximum atomic E-state index is 12.1. The molecule has 0 spiro atoms. The van der Waals surface area contributed by atoms with E-state index in [0.717, 1.165) is 11.3 Å². The minimum absolute atomic E-state index is 0.0116. The van der Waals surface area contributed by atoms with Gasteiger partial charge in [-0.1, -0.05) is 6.07 Å². The van der Waals surface area contributed by atoms with Crippen LogP contribution in [0.25, 0.3) is 0 Å². The minimum atomic E-state index is -0.763. The fourth-order valence-corrected chi connectivity index (χ4v) is 3.84. The zero-order chi connectivity index (χ0) is 20.1. The summed E-state index contributed by atoms with van der Waals surface area (Å²) >= 11 is 1.38. The second-order valence-corrected chi connectivity index (χ2v) is 7.65. The first-order valence-electron chi connectivity index (χ1n) is 9.03. The van der Waals surface area contributed by atoms with Crippen LogP contribution in [-0.2, 0) is 20.8 Å². The van der Waals surface area contributed by atoms with Gasteiger partial charge in [0.25, 0.3) is 0 Å². The summed E-state index contributed by atoms with van der Waals surface area (Å²) in [4.78, 5) is 50.6. The predicted octanol–water partition coefficient (Wildman–Crippen LogP) is 2.37. The minimum Gasteiger partial charge on any atom is -0.347 e. The quantitative estimate of drug-likeness (QED) is 0.576. The number of Topliss-reactive ketones (excluding diaryl/α,β-unsaturated/α-hetero) is 1. The van der Waals surface area contributed by atoms with Gasteiger partial charge in [-0.2, -0.15) is 0 Å². The molecule has 0 bridgehead atoms. The van der Waals surface area contributed by atoms with Crippen molar-refractivity contribution in [2.45, 2.75) is 26.2 Å². The van der Waals surface area contributed by atoms with Crippen LogP contribution < -0.4 is 15.5 Å². The normalized spacial score (nSPS) is 13.5. The van der Waals surface area contributed by atoms with E-state index in [4.69, 9.17) is 0 Å². The van der Waals surface area contributed by atoms with Gasteiger partial charge in [0, 0.05) is 35.8 Å². The Morgan fingerprint density at radius 1 is 1.14 bits per heavy atom. The summed E-state index contributed by atoms with van der Waals surface area (Å²) in [6.07, 6.45) is 1.89. The Hall–Kier alpha value is -3.00. The Labute approximate surface area is 166 Å². The number of nitrogens with zero attached hydrogens (tertiary/aromatic N) is 1. The van der Waals surface area contributed by atoms with Crippen molar-refractivity contribution in [1.29, 1.82) is 0 Å². The molecular formula is C20H21N3O4S. The third kappa shape index (κ3) is 4.83. The molecule has 1 aliphatic heterocycles. The van der Waals surface area contributed by atoms with Crippen LogP contribution in [0.4, 0.5) is 11.4 Å². The van der Waals surface area contributed by atoms with E-state index >= 15 is 0 Å². The van der Waals surface area contributed by atoms with Gasteiger partial charge in [-0.05, 0) is 50.1 Å². The van der Waals surface area contributed by atoms with Gasteiger partial charge in [-0.3, -0.25) is 19.2 Å². The van der Waals surface area contributed by atoms with Crippen molar-refractivity contribution >= 4 is 46.2 Å². The zero-order valence-electron chi connectivity index (χ0n) is 15.5. The molecule has 8 heteroatoms. The van der Waals surface area contributed by atoms with Crippen molar-refractivity contribution in [3.63, 3.8) is 0 Å². The van der Waals surface area contributed by atoms with E-state index in [1.165, 1.54) is 18.3 Å². The smallest absolute Gasteiger partial charge is 0.313 e. The van der Waals surface area contributed by atoms with E-state index in [-0.39, 0.29) is 11.7 Å². The maximum Gasteiger partial charge on any atom is 0.313 e. The topological polar surface area (TPSA) is 95.6 Å². The number of nitrogens with one attached hydrogen (secondary N) is 2. The lowest BCUT2D eigenvalue weighted by molar-refractivity contribution is -0.136. The van der Waals surface area contributed by atoms with Gasteiger partial charge in [-0.15, -0.1) is 11.3 Å². The first-order chi connectivity index (χ1) is 13.4. The molecule has 2 heterocycles. The van der Waals surface area contributed by atoms with E-state index in [1.807, 2.05) is 6.07 Å². The summed E-state index contributed by atoms with van der Waals surface area (Å²) in [5.74, 6) is -1.42. The van der Waals surface area contributed by atoms with Gasteiger partial charge >= 0.3 is 11.8 Å². The van der Waals surface area contributed by atoms with Crippen LogP contribution in [0.5, 0.6) is 0 Å². The number of anilines is 2. The number of carbonyl (C=O) groups is 4. The molecule has 0 saturated carbocycles.